The Labute approximate surface area is 206 Å². The molecule has 176 valence electrons. The first kappa shape index (κ1) is 21.6. The molecule has 0 radical (unpaired) electrons. The molecule has 36 heavy (non-hydrogen) atoms. The summed E-state index contributed by atoms with van der Waals surface area (Å²) in [6, 6.07) is 13.6. The lowest BCUT2D eigenvalue weighted by Gasteiger charge is -2.08. The van der Waals surface area contributed by atoms with Crippen molar-refractivity contribution >= 4 is 33.5 Å². The molecule has 9 heteroatoms. The van der Waals surface area contributed by atoms with Crippen LogP contribution in [0, 0.1) is 5.92 Å². The Balaban J connectivity index is 1.41. The third-order valence-corrected chi connectivity index (χ3v) is 5.97. The van der Waals surface area contributed by atoms with Crippen LogP contribution in [-0.4, -0.2) is 41.0 Å². The summed E-state index contributed by atoms with van der Waals surface area (Å²) in [7, 11) is 0. The van der Waals surface area contributed by atoms with Crippen LogP contribution in [0.4, 0.5) is 5.69 Å². The van der Waals surface area contributed by atoms with Gasteiger partial charge in [0.05, 0.1) is 34.5 Å². The largest absolute Gasteiger partial charge is 0.353 e. The highest BCUT2D eigenvalue weighted by atomic mass is 16.1. The van der Waals surface area contributed by atoms with Gasteiger partial charge < -0.3 is 10.3 Å². The van der Waals surface area contributed by atoms with Crippen LogP contribution in [-0.2, 0) is 4.79 Å². The van der Waals surface area contributed by atoms with E-state index in [1.54, 1.807) is 31.0 Å². The molecule has 0 aliphatic carbocycles. The predicted octanol–water partition coefficient (Wildman–Crippen LogP) is 5.22. The van der Waals surface area contributed by atoms with Crippen molar-refractivity contribution in [3.8, 4) is 33.9 Å². The molecule has 0 aliphatic heterocycles. The number of H-pyrrole nitrogens is 2. The Morgan fingerprint density at radius 2 is 1.81 bits per heavy atom. The third kappa shape index (κ3) is 3.86. The van der Waals surface area contributed by atoms with Gasteiger partial charge >= 0.3 is 0 Å². The molecule has 0 atom stereocenters. The average Bonchev–Trinajstić information content (AvgIpc) is 3.53. The summed E-state index contributed by atoms with van der Waals surface area (Å²) in [5, 5.41) is 11.5. The summed E-state index contributed by atoms with van der Waals surface area (Å²) in [4.78, 5) is 33.6. The fourth-order valence-corrected chi connectivity index (χ4v) is 4.10. The maximum absolute atomic E-state index is 12.1. The first-order chi connectivity index (χ1) is 17.6. The van der Waals surface area contributed by atoms with E-state index >= 15 is 0 Å². The zero-order valence-corrected chi connectivity index (χ0v) is 19.6. The zero-order valence-electron chi connectivity index (χ0n) is 19.6. The van der Waals surface area contributed by atoms with Crippen LogP contribution in [0.15, 0.2) is 73.4 Å². The quantitative estimate of drug-likeness (QED) is 0.315. The van der Waals surface area contributed by atoms with E-state index < -0.39 is 0 Å². The van der Waals surface area contributed by atoms with E-state index in [2.05, 4.69) is 35.5 Å². The number of aromatic nitrogens is 7. The molecular formula is C27H22N8O. The number of hydrogen-bond acceptors (Lipinski definition) is 6. The van der Waals surface area contributed by atoms with Crippen LogP contribution in [0.1, 0.15) is 13.8 Å². The fraction of sp³-hybridized carbons (Fsp3) is 0.111. The molecule has 0 bridgehead atoms. The van der Waals surface area contributed by atoms with Crippen molar-refractivity contribution in [2.45, 2.75) is 13.8 Å². The molecule has 9 nitrogen and oxygen atoms in total. The van der Waals surface area contributed by atoms with Gasteiger partial charge in [0.2, 0.25) is 5.91 Å². The van der Waals surface area contributed by atoms with Gasteiger partial charge in [-0.05, 0) is 42.5 Å². The van der Waals surface area contributed by atoms with Gasteiger partial charge in [-0.2, -0.15) is 5.10 Å². The highest BCUT2D eigenvalue weighted by molar-refractivity contribution is 5.99. The molecule has 3 N–H and O–H groups in total. The van der Waals surface area contributed by atoms with E-state index in [0.29, 0.717) is 11.4 Å². The van der Waals surface area contributed by atoms with Crippen molar-refractivity contribution < 1.29 is 4.79 Å². The lowest BCUT2D eigenvalue weighted by atomic mass is 10.1. The van der Waals surface area contributed by atoms with Crippen molar-refractivity contribution in [1.82, 2.24) is 35.1 Å². The van der Waals surface area contributed by atoms with Crippen LogP contribution in [0.3, 0.4) is 0 Å². The zero-order chi connectivity index (χ0) is 24.6. The maximum atomic E-state index is 12.1. The summed E-state index contributed by atoms with van der Waals surface area (Å²) >= 11 is 0. The van der Waals surface area contributed by atoms with E-state index in [1.807, 2.05) is 56.3 Å². The van der Waals surface area contributed by atoms with Crippen molar-refractivity contribution in [3.63, 3.8) is 0 Å². The Morgan fingerprint density at radius 3 is 2.64 bits per heavy atom. The number of hydrogen-bond donors (Lipinski definition) is 3. The van der Waals surface area contributed by atoms with E-state index in [1.165, 1.54) is 0 Å². The lowest BCUT2D eigenvalue weighted by Crippen LogP contribution is -2.17. The molecule has 1 amide bonds. The molecule has 6 aromatic heterocycles. The Bertz CT molecular complexity index is 1720. The summed E-state index contributed by atoms with van der Waals surface area (Å²) < 4.78 is 0. The second-order valence-corrected chi connectivity index (χ2v) is 8.82. The van der Waals surface area contributed by atoms with Gasteiger partial charge in [0.25, 0.3) is 0 Å². The van der Waals surface area contributed by atoms with Crippen molar-refractivity contribution in [2.75, 3.05) is 5.32 Å². The smallest absolute Gasteiger partial charge is 0.226 e. The lowest BCUT2D eigenvalue weighted by molar-refractivity contribution is -0.118. The molecule has 0 saturated heterocycles. The van der Waals surface area contributed by atoms with Gasteiger partial charge in [-0.25, -0.2) is 4.98 Å². The Kier molecular flexibility index (Phi) is 5.22. The van der Waals surface area contributed by atoms with Crippen LogP contribution < -0.4 is 5.32 Å². The number of rotatable bonds is 5. The number of carbonyl (C=O) groups is 1. The van der Waals surface area contributed by atoms with Crippen LogP contribution in [0.25, 0.3) is 55.8 Å². The minimum atomic E-state index is -0.123. The van der Waals surface area contributed by atoms with Gasteiger partial charge in [0, 0.05) is 52.7 Å². The summed E-state index contributed by atoms with van der Waals surface area (Å²) in [6.45, 7) is 3.70. The molecule has 6 aromatic rings. The first-order valence-corrected chi connectivity index (χ1v) is 11.6. The monoisotopic (exact) mass is 474 g/mol. The highest BCUT2D eigenvalue weighted by Crippen LogP contribution is 2.33. The number of pyridine rings is 4. The van der Waals surface area contributed by atoms with Crippen LogP contribution >= 0.6 is 0 Å². The normalized spacial score (nSPS) is 11.4. The number of nitrogens with one attached hydrogen (secondary N) is 3. The summed E-state index contributed by atoms with van der Waals surface area (Å²) in [5.41, 5.74) is 7.98. The van der Waals surface area contributed by atoms with Gasteiger partial charge in [-0.1, -0.05) is 13.8 Å². The first-order valence-electron chi connectivity index (χ1n) is 11.6. The second-order valence-electron chi connectivity index (χ2n) is 8.82. The van der Waals surface area contributed by atoms with Crippen molar-refractivity contribution in [3.05, 3.63) is 73.4 Å². The predicted molar refractivity (Wildman–Crippen MR) is 139 cm³/mol. The third-order valence-electron chi connectivity index (χ3n) is 5.97. The molecule has 0 unspecified atom stereocenters. The van der Waals surface area contributed by atoms with Crippen LogP contribution in [0.2, 0.25) is 0 Å². The van der Waals surface area contributed by atoms with E-state index in [9.17, 15) is 4.79 Å². The molecule has 0 saturated carbocycles. The van der Waals surface area contributed by atoms with Crippen molar-refractivity contribution in [1.29, 1.82) is 0 Å². The molecule has 0 spiro atoms. The van der Waals surface area contributed by atoms with Crippen LogP contribution in [0.5, 0.6) is 0 Å². The standard InChI is InChI=1S/C27H22N8O/c1-15(2)27(36)31-18-10-17(13-29-14-18)20-5-6-22-25(33-20)26(35-34-22)23-11-19-21(32-23)7-9-30-24(19)16-4-3-8-28-12-16/h3-15,32H,1-2H3,(H,31,36)(H,34,35). The number of fused-ring (bicyclic) bond motifs is 2. The summed E-state index contributed by atoms with van der Waals surface area (Å²) in [6.07, 6.45) is 8.69. The number of carbonyl (C=O) groups excluding carboxylic acids is 1. The fourth-order valence-electron chi connectivity index (χ4n) is 4.10. The number of anilines is 1. The molecular weight excluding hydrogens is 452 g/mol. The van der Waals surface area contributed by atoms with E-state index in [0.717, 1.165) is 50.1 Å². The number of aromatic amines is 2. The van der Waals surface area contributed by atoms with Crippen molar-refractivity contribution in [2.24, 2.45) is 5.92 Å². The van der Waals surface area contributed by atoms with E-state index in [4.69, 9.17) is 4.98 Å². The maximum Gasteiger partial charge on any atom is 0.226 e. The second kappa shape index (κ2) is 8.70. The molecule has 0 aliphatic rings. The number of nitrogens with zero attached hydrogens (tertiary/aromatic N) is 5. The molecule has 0 fully saturated rings. The Morgan fingerprint density at radius 1 is 0.917 bits per heavy atom. The topological polar surface area (TPSA) is 125 Å². The summed E-state index contributed by atoms with van der Waals surface area (Å²) in [5.74, 6) is -0.185. The van der Waals surface area contributed by atoms with Gasteiger partial charge in [-0.3, -0.25) is 24.8 Å². The molecule has 6 rings (SSSR count). The Hall–Kier alpha value is -4.92. The highest BCUT2D eigenvalue weighted by Gasteiger charge is 2.16. The SMILES string of the molecule is CC(C)C(=O)Nc1cncc(-c2ccc3[nH]nc(-c4cc5c(-c6cccnc6)nccc5[nH]4)c3n2)c1. The van der Waals surface area contributed by atoms with Gasteiger partial charge in [0.1, 0.15) is 11.2 Å². The average molecular weight is 475 g/mol. The molecule has 6 heterocycles. The molecule has 0 aromatic carbocycles. The van der Waals surface area contributed by atoms with Gasteiger partial charge in [-0.15, -0.1) is 0 Å². The minimum Gasteiger partial charge on any atom is -0.353 e. The van der Waals surface area contributed by atoms with E-state index in [-0.39, 0.29) is 11.8 Å². The minimum absolute atomic E-state index is 0.0616. The van der Waals surface area contributed by atoms with Gasteiger partial charge in [0.15, 0.2) is 0 Å². The number of amides is 1.